The monoisotopic (exact) mass is 277 g/mol. The second kappa shape index (κ2) is 5.07. The number of nitrogens with zero attached hydrogens (tertiary/aromatic N) is 2. The van der Waals surface area contributed by atoms with Crippen molar-refractivity contribution >= 4 is 21.6 Å². The highest BCUT2D eigenvalue weighted by atomic mass is 79.9. The first-order chi connectivity index (χ1) is 7.74. The van der Waals surface area contributed by atoms with E-state index < -0.39 is 0 Å². The van der Waals surface area contributed by atoms with Gasteiger partial charge in [0, 0.05) is 22.6 Å². The molecular weight excluding hydrogens is 266 g/mol. The molecule has 0 aliphatic rings. The molecule has 2 rings (SSSR count). The largest absolute Gasteiger partial charge is 0.379 e. The van der Waals surface area contributed by atoms with E-state index in [1.165, 1.54) is 5.56 Å². The first-order valence-electron chi connectivity index (χ1n) is 5.00. The zero-order valence-corrected chi connectivity index (χ0v) is 10.5. The molecule has 1 heterocycles. The van der Waals surface area contributed by atoms with Gasteiger partial charge in [0.05, 0.1) is 18.4 Å². The Morgan fingerprint density at radius 2 is 2.12 bits per heavy atom. The van der Waals surface area contributed by atoms with Crippen molar-refractivity contribution in [3.8, 4) is 0 Å². The van der Waals surface area contributed by atoms with Gasteiger partial charge in [-0.1, -0.05) is 15.9 Å². The molecule has 4 heteroatoms. The van der Waals surface area contributed by atoms with E-state index in [0.717, 1.165) is 15.9 Å². The Balaban J connectivity index is 2.05. The van der Waals surface area contributed by atoms with Gasteiger partial charge in [-0.3, -0.25) is 9.97 Å². The van der Waals surface area contributed by atoms with Crippen molar-refractivity contribution in [3.63, 3.8) is 0 Å². The molecule has 3 nitrogen and oxygen atoms in total. The molecule has 1 N–H and O–H groups in total. The fraction of sp³-hybridized carbons (Fsp3) is 0.167. The van der Waals surface area contributed by atoms with Gasteiger partial charge in [-0.05, 0) is 30.7 Å². The minimum Gasteiger partial charge on any atom is -0.379 e. The molecule has 0 aliphatic carbocycles. The predicted molar refractivity (Wildman–Crippen MR) is 68.2 cm³/mol. The summed E-state index contributed by atoms with van der Waals surface area (Å²) in [5, 5.41) is 3.31. The molecule has 0 atom stereocenters. The number of aromatic nitrogens is 2. The third-order valence-corrected chi connectivity index (χ3v) is 2.59. The summed E-state index contributed by atoms with van der Waals surface area (Å²) in [5.41, 5.74) is 3.23. The normalized spacial score (nSPS) is 10.1. The lowest BCUT2D eigenvalue weighted by atomic mass is 10.2. The van der Waals surface area contributed by atoms with Crippen LogP contribution in [-0.4, -0.2) is 9.97 Å². The summed E-state index contributed by atoms with van der Waals surface area (Å²) in [6.07, 6.45) is 5.13. The zero-order chi connectivity index (χ0) is 11.4. The topological polar surface area (TPSA) is 37.8 Å². The second-order valence-electron chi connectivity index (χ2n) is 3.57. The SMILES string of the molecule is Cc1cc(Br)cc(NCc2cnccn2)c1. The summed E-state index contributed by atoms with van der Waals surface area (Å²) in [6.45, 7) is 2.75. The van der Waals surface area contributed by atoms with Crippen molar-refractivity contribution in [3.05, 3.63) is 52.5 Å². The molecule has 0 saturated heterocycles. The second-order valence-corrected chi connectivity index (χ2v) is 4.48. The molecule has 0 bridgehead atoms. The van der Waals surface area contributed by atoms with Gasteiger partial charge in [-0.25, -0.2) is 0 Å². The Labute approximate surface area is 103 Å². The lowest BCUT2D eigenvalue weighted by Gasteiger charge is -2.07. The van der Waals surface area contributed by atoms with Crippen molar-refractivity contribution in [2.45, 2.75) is 13.5 Å². The summed E-state index contributed by atoms with van der Waals surface area (Å²) >= 11 is 3.47. The minimum atomic E-state index is 0.684. The van der Waals surface area contributed by atoms with Gasteiger partial charge in [0.2, 0.25) is 0 Å². The number of hydrogen-bond acceptors (Lipinski definition) is 3. The van der Waals surface area contributed by atoms with Crippen molar-refractivity contribution < 1.29 is 0 Å². The van der Waals surface area contributed by atoms with Crippen molar-refractivity contribution in [2.75, 3.05) is 5.32 Å². The molecule has 16 heavy (non-hydrogen) atoms. The first-order valence-corrected chi connectivity index (χ1v) is 5.79. The lowest BCUT2D eigenvalue weighted by molar-refractivity contribution is 1.01. The maximum absolute atomic E-state index is 4.20. The first kappa shape index (κ1) is 11.1. The number of hydrogen-bond donors (Lipinski definition) is 1. The van der Waals surface area contributed by atoms with Crippen LogP contribution in [0.1, 0.15) is 11.3 Å². The zero-order valence-electron chi connectivity index (χ0n) is 8.94. The van der Waals surface area contributed by atoms with E-state index in [1.54, 1.807) is 18.6 Å². The molecule has 1 aromatic heterocycles. The van der Waals surface area contributed by atoms with Crippen LogP contribution in [0.15, 0.2) is 41.3 Å². The van der Waals surface area contributed by atoms with Crippen LogP contribution in [-0.2, 0) is 6.54 Å². The van der Waals surface area contributed by atoms with Crippen molar-refractivity contribution in [1.29, 1.82) is 0 Å². The summed E-state index contributed by atoms with van der Waals surface area (Å²) < 4.78 is 1.08. The predicted octanol–water partition coefficient (Wildman–Crippen LogP) is 3.16. The van der Waals surface area contributed by atoms with E-state index in [0.29, 0.717) is 6.54 Å². The van der Waals surface area contributed by atoms with Crippen LogP contribution in [0.4, 0.5) is 5.69 Å². The summed E-state index contributed by atoms with van der Waals surface area (Å²) in [6, 6.07) is 6.22. The standard InChI is InChI=1S/C12H12BrN3/c1-9-4-10(13)6-11(5-9)16-8-12-7-14-2-3-15-12/h2-7,16H,8H2,1H3. The average Bonchev–Trinajstić information content (AvgIpc) is 2.27. The highest BCUT2D eigenvalue weighted by molar-refractivity contribution is 9.10. The van der Waals surface area contributed by atoms with Gasteiger partial charge in [0.15, 0.2) is 0 Å². The number of anilines is 1. The number of halogens is 1. The molecule has 1 aromatic carbocycles. The lowest BCUT2D eigenvalue weighted by Crippen LogP contribution is -2.01. The van der Waals surface area contributed by atoms with E-state index in [4.69, 9.17) is 0 Å². The molecule has 0 fully saturated rings. The van der Waals surface area contributed by atoms with Crippen molar-refractivity contribution in [1.82, 2.24) is 9.97 Å². The number of rotatable bonds is 3. The van der Waals surface area contributed by atoms with Crippen LogP contribution < -0.4 is 5.32 Å². The molecule has 2 aromatic rings. The van der Waals surface area contributed by atoms with Crippen molar-refractivity contribution in [2.24, 2.45) is 0 Å². The maximum Gasteiger partial charge on any atom is 0.0777 e. The quantitative estimate of drug-likeness (QED) is 0.937. The van der Waals surface area contributed by atoms with Crippen LogP contribution in [0, 0.1) is 6.92 Å². The Hall–Kier alpha value is -1.42. The Morgan fingerprint density at radius 1 is 1.25 bits per heavy atom. The number of nitrogens with one attached hydrogen (secondary N) is 1. The van der Waals surface area contributed by atoms with Crippen LogP contribution in [0.5, 0.6) is 0 Å². The van der Waals surface area contributed by atoms with Gasteiger partial charge >= 0.3 is 0 Å². The fourth-order valence-corrected chi connectivity index (χ4v) is 2.06. The third-order valence-electron chi connectivity index (χ3n) is 2.13. The molecule has 0 aliphatic heterocycles. The van der Waals surface area contributed by atoms with E-state index in [2.05, 4.69) is 50.3 Å². The van der Waals surface area contributed by atoms with E-state index in [9.17, 15) is 0 Å². The van der Waals surface area contributed by atoms with Gasteiger partial charge in [-0.15, -0.1) is 0 Å². The molecule has 0 radical (unpaired) electrons. The molecule has 0 amide bonds. The van der Waals surface area contributed by atoms with Gasteiger partial charge in [0.25, 0.3) is 0 Å². The maximum atomic E-state index is 4.20. The van der Waals surface area contributed by atoms with Crippen LogP contribution in [0.3, 0.4) is 0 Å². The smallest absolute Gasteiger partial charge is 0.0777 e. The Morgan fingerprint density at radius 3 is 2.81 bits per heavy atom. The average molecular weight is 278 g/mol. The van der Waals surface area contributed by atoms with E-state index in [1.807, 2.05) is 6.07 Å². The minimum absolute atomic E-state index is 0.684. The van der Waals surface area contributed by atoms with E-state index in [-0.39, 0.29) is 0 Å². The third kappa shape index (κ3) is 3.03. The summed E-state index contributed by atoms with van der Waals surface area (Å²) in [7, 11) is 0. The summed E-state index contributed by atoms with van der Waals surface area (Å²) in [5.74, 6) is 0. The van der Waals surface area contributed by atoms with Crippen LogP contribution in [0.25, 0.3) is 0 Å². The molecule has 82 valence electrons. The molecule has 0 saturated carbocycles. The Bertz CT molecular complexity index is 451. The molecule has 0 spiro atoms. The highest BCUT2D eigenvalue weighted by Gasteiger charge is 1.97. The molecular formula is C12H12BrN3. The fourth-order valence-electron chi connectivity index (χ4n) is 1.45. The van der Waals surface area contributed by atoms with Gasteiger partial charge in [0.1, 0.15) is 0 Å². The van der Waals surface area contributed by atoms with Crippen LogP contribution in [0.2, 0.25) is 0 Å². The van der Waals surface area contributed by atoms with Crippen LogP contribution >= 0.6 is 15.9 Å². The number of benzene rings is 1. The van der Waals surface area contributed by atoms with Gasteiger partial charge in [-0.2, -0.15) is 0 Å². The summed E-state index contributed by atoms with van der Waals surface area (Å²) in [4.78, 5) is 8.22. The Kier molecular flexibility index (Phi) is 3.51. The number of aryl methyl sites for hydroxylation is 1. The highest BCUT2D eigenvalue weighted by Crippen LogP contribution is 2.19. The van der Waals surface area contributed by atoms with Gasteiger partial charge < -0.3 is 5.32 Å². The van der Waals surface area contributed by atoms with E-state index >= 15 is 0 Å². The molecule has 0 unspecified atom stereocenters.